The third kappa shape index (κ3) is 5.28. The van der Waals surface area contributed by atoms with Crippen LogP contribution in [0.2, 0.25) is 0 Å². The largest absolute Gasteiger partial charge is 0.508 e. The van der Waals surface area contributed by atoms with Gasteiger partial charge in [-0.3, -0.25) is 14.3 Å². The van der Waals surface area contributed by atoms with Crippen LogP contribution in [0.3, 0.4) is 0 Å². The van der Waals surface area contributed by atoms with Crippen molar-refractivity contribution in [3.8, 4) is 5.75 Å². The molecule has 1 aliphatic rings. The van der Waals surface area contributed by atoms with Crippen LogP contribution in [0.15, 0.2) is 36.5 Å². The lowest BCUT2D eigenvalue weighted by Crippen LogP contribution is -2.44. The number of nitrogens with zero attached hydrogens (tertiary/aromatic N) is 3. The zero-order valence-electron chi connectivity index (χ0n) is 15.2. The predicted octanol–water partition coefficient (Wildman–Crippen LogP) is 2.27. The fourth-order valence-corrected chi connectivity index (χ4v) is 3.34. The lowest BCUT2D eigenvalue weighted by Gasteiger charge is -2.31. The Morgan fingerprint density at radius 3 is 2.68 bits per heavy atom. The van der Waals surface area contributed by atoms with Gasteiger partial charge >= 0.3 is 11.8 Å². The van der Waals surface area contributed by atoms with Gasteiger partial charge in [0.2, 0.25) is 0 Å². The van der Waals surface area contributed by atoms with E-state index in [1.54, 1.807) is 18.2 Å². The number of phenolic OH excluding ortho intramolecular Hbond substituents is 1. The fourth-order valence-electron chi connectivity index (χ4n) is 3.34. The van der Waals surface area contributed by atoms with Crippen LogP contribution in [-0.4, -0.2) is 51.1 Å². The molecule has 9 heteroatoms. The molecule has 0 atom stereocenters. The summed E-state index contributed by atoms with van der Waals surface area (Å²) in [6, 6.07) is 8.49. The second-order valence-electron chi connectivity index (χ2n) is 6.88. The van der Waals surface area contributed by atoms with E-state index in [0.29, 0.717) is 19.0 Å². The summed E-state index contributed by atoms with van der Waals surface area (Å²) in [5.41, 5.74) is 1.04. The van der Waals surface area contributed by atoms with Gasteiger partial charge in [-0.25, -0.2) is 8.78 Å². The van der Waals surface area contributed by atoms with Crippen molar-refractivity contribution in [3.05, 3.63) is 42.1 Å². The van der Waals surface area contributed by atoms with Crippen LogP contribution >= 0.6 is 0 Å². The lowest BCUT2D eigenvalue weighted by atomic mass is 9.90. The molecule has 0 aliphatic carbocycles. The number of amides is 2. The molecule has 0 spiro atoms. The number of piperidine rings is 1. The van der Waals surface area contributed by atoms with Crippen molar-refractivity contribution in [3.63, 3.8) is 0 Å². The first-order chi connectivity index (χ1) is 13.4. The second kappa shape index (κ2) is 8.81. The first-order valence-electron chi connectivity index (χ1n) is 9.10. The number of benzene rings is 1. The zero-order chi connectivity index (χ0) is 20.1. The van der Waals surface area contributed by atoms with Gasteiger partial charge in [0.05, 0.1) is 0 Å². The second-order valence-corrected chi connectivity index (χ2v) is 6.88. The number of rotatable bonds is 5. The standard InChI is InChI=1S/C19H22F2N4O3/c20-16(21)12-25-9-6-17(23-25)22-18(27)19(28)24-7-4-13(5-8-24)10-14-2-1-3-15(26)11-14/h1-3,6,9,11,13,16,26H,4-5,7-8,10,12H2,(H,22,23,27). The summed E-state index contributed by atoms with van der Waals surface area (Å²) in [4.78, 5) is 25.9. The molecule has 28 heavy (non-hydrogen) atoms. The summed E-state index contributed by atoms with van der Waals surface area (Å²) in [7, 11) is 0. The minimum Gasteiger partial charge on any atom is -0.508 e. The highest BCUT2D eigenvalue weighted by atomic mass is 19.3. The van der Waals surface area contributed by atoms with Gasteiger partial charge in [-0.05, 0) is 42.9 Å². The summed E-state index contributed by atoms with van der Waals surface area (Å²) >= 11 is 0. The Labute approximate surface area is 160 Å². The van der Waals surface area contributed by atoms with E-state index < -0.39 is 24.8 Å². The highest BCUT2D eigenvalue weighted by Gasteiger charge is 2.27. The zero-order valence-corrected chi connectivity index (χ0v) is 15.2. The summed E-state index contributed by atoms with van der Waals surface area (Å²) < 4.78 is 25.7. The van der Waals surface area contributed by atoms with E-state index in [0.717, 1.165) is 29.5 Å². The van der Waals surface area contributed by atoms with Gasteiger partial charge in [0.15, 0.2) is 5.82 Å². The van der Waals surface area contributed by atoms with Crippen molar-refractivity contribution in [2.45, 2.75) is 32.2 Å². The van der Waals surface area contributed by atoms with E-state index in [9.17, 15) is 23.5 Å². The highest BCUT2D eigenvalue weighted by molar-refractivity contribution is 6.39. The molecule has 0 bridgehead atoms. The number of hydrogen-bond acceptors (Lipinski definition) is 4. The third-order valence-electron chi connectivity index (χ3n) is 4.74. The van der Waals surface area contributed by atoms with E-state index in [4.69, 9.17) is 0 Å². The van der Waals surface area contributed by atoms with Gasteiger partial charge in [0, 0.05) is 25.4 Å². The minimum atomic E-state index is -2.55. The minimum absolute atomic E-state index is 0.0674. The maximum absolute atomic E-state index is 12.3. The van der Waals surface area contributed by atoms with Gasteiger partial charge < -0.3 is 15.3 Å². The van der Waals surface area contributed by atoms with Crippen LogP contribution in [0.1, 0.15) is 18.4 Å². The average Bonchev–Trinajstić information content (AvgIpc) is 3.08. The predicted molar refractivity (Wildman–Crippen MR) is 98.0 cm³/mol. The Hall–Kier alpha value is -2.97. The van der Waals surface area contributed by atoms with Gasteiger partial charge in [-0.15, -0.1) is 0 Å². The molecule has 0 unspecified atom stereocenters. The first kappa shape index (κ1) is 19.8. The normalized spacial score (nSPS) is 15.0. The Bertz CT molecular complexity index is 832. The first-order valence-corrected chi connectivity index (χ1v) is 9.10. The molecule has 0 saturated carbocycles. The van der Waals surface area contributed by atoms with Crippen molar-refractivity contribution < 1.29 is 23.5 Å². The Morgan fingerprint density at radius 1 is 1.25 bits per heavy atom. The summed E-state index contributed by atoms with van der Waals surface area (Å²) in [5, 5.41) is 15.7. The average molecular weight is 392 g/mol. The summed E-state index contributed by atoms with van der Waals surface area (Å²) in [5.74, 6) is -0.803. The lowest BCUT2D eigenvalue weighted by molar-refractivity contribution is -0.144. The molecular weight excluding hydrogens is 370 g/mol. The summed E-state index contributed by atoms with van der Waals surface area (Å²) in [6.07, 6.45) is 1.10. The number of aromatic nitrogens is 2. The van der Waals surface area contributed by atoms with Crippen molar-refractivity contribution >= 4 is 17.6 Å². The number of nitrogens with one attached hydrogen (secondary N) is 1. The number of alkyl halides is 2. The molecule has 2 amide bonds. The molecule has 3 rings (SSSR count). The molecule has 2 heterocycles. The molecule has 2 aromatic rings. The number of aromatic hydroxyl groups is 1. The van der Waals surface area contributed by atoms with Crippen LogP contribution in [-0.2, 0) is 22.6 Å². The highest BCUT2D eigenvalue weighted by Crippen LogP contribution is 2.23. The molecule has 1 fully saturated rings. The number of carbonyl (C=O) groups is 2. The van der Waals surface area contributed by atoms with E-state index in [1.165, 1.54) is 17.2 Å². The number of likely N-dealkylation sites (tertiary alicyclic amines) is 1. The fraction of sp³-hybridized carbons (Fsp3) is 0.421. The van der Waals surface area contributed by atoms with Crippen molar-refractivity contribution in [1.29, 1.82) is 0 Å². The van der Waals surface area contributed by atoms with Gasteiger partial charge in [0.25, 0.3) is 6.43 Å². The Morgan fingerprint density at radius 2 is 2.00 bits per heavy atom. The molecule has 0 radical (unpaired) electrons. The van der Waals surface area contributed by atoms with Gasteiger partial charge in [0.1, 0.15) is 12.3 Å². The van der Waals surface area contributed by atoms with Gasteiger partial charge in [-0.2, -0.15) is 5.10 Å². The number of anilines is 1. The van der Waals surface area contributed by atoms with Crippen molar-refractivity contribution in [2.75, 3.05) is 18.4 Å². The number of phenols is 1. The Kier molecular flexibility index (Phi) is 6.23. The van der Waals surface area contributed by atoms with E-state index in [-0.39, 0.29) is 11.6 Å². The molecule has 150 valence electrons. The van der Waals surface area contributed by atoms with Crippen LogP contribution in [0, 0.1) is 5.92 Å². The molecule has 2 N–H and O–H groups in total. The maximum atomic E-state index is 12.3. The van der Waals surface area contributed by atoms with Crippen LogP contribution in [0.5, 0.6) is 5.75 Å². The molecule has 1 saturated heterocycles. The quantitative estimate of drug-likeness (QED) is 0.765. The van der Waals surface area contributed by atoms with Gasteiger partial charge in [-0.1, -0.05) is 12.1 Å². The van der Waals surface area contributed by atoms with Crippen LogP contribution < -0.4 is 5.32 Å². The SMILES string of the molecule is O=C(Nc1ccn(CC(F)F)n1)C(=O)N1CCC(Cc2cccc(O)c2)CC1. The Balaban J connectivity index is 1.47. The number of hydrogen-bond donors (Lipinski definition) is 2. The summed E-state index contributed by atoms with van der Waals surface area (Å²) in [6.45, 7) is 0.363. The van der Waals surface area contributed by atoms with E-state index >= 15 is 0 Å². The van der Waals surface area contributed by atoms with Crippen molar-refractivity contribution in [2.24, 2.45) is 5.92 Å². The van der Waals surface area contributed by atoms with Crippen molar-refractivity contribution in [1.82, 2.24) is 14.7 Å². The number of halogens is 2. The van der Waals surface area contributed by atoms with Crippen LogP contribution in [0.25, 0.3) is 0 Å². The van der Waals surface area contributed by atoms with Crippen LogP contribution in [0.4, 0.5) is 14.6 Å². The maximum Gasteiger partial charge on any atom is 0.315 e. The smallest absolute Gasteiger partial charge is 0.315 e. The number of carbonyl (C=O) groups excluding carboxylic acids is 2. The van der Waals surface area contributed by atoms with E-state index in [1.807, 2.05) is 6.07 Å². The van der Waals surface area contributed by atoms with E-state index in [2.05, 4.69) is 10.4 Å². The topological polar surface area (TPSA) is 87.5 Å². The molecule has 1 aromatic carbocycles. The monoisotopic (exact) mass is 392 g/mol. The molecule has 1 aliphatic heterocycles. The third-order valence-corrected chi connectivity index (χ3v) is 4.74. The molecule has 7 nitrogen and oxygen atoms in total. The molecular formula is C19H22F2N4O3. The molecule has 1 aromatic heterocycles.